The molecule has 0 amide bonds. The maximum Gasteiger partial charge on any atom is 0.0120 e. The Hall–Kier alpha value is -0.120. The normalized spacial score (nSPS) is 28.4. The first-order chi connectivity index (χ1) is 11.3. The number of hydrogen-bond donors (Lipinski definition) is 0. The van der Waals surface area contributed by atoms with Crippen LogP contribution in [0.15, 0.2) is 0 Å². The standard InChI is InChI=1S/C20H39N3/c1-3-18-7-15-23(16-8-18)20-9-13-22(14-10-20)17-19-5-11-21(4-2)12-6-19/h18-20H,3-17H2,1-2H3. The van der Waals surface area contributed by atoms with Crippen molar-refractivity contribution >= 4 is 0 Å². The van der Waals surface area contributed by atoms with Gasteiger partial charge in [-0.1, -0.05) is 20.3 Å². The van der Waals surface area contributed by atoms with E-state index in [1.165, 1.54) is 97.3 Å². The zero-order valence-corrected chi connectivity index (χ0v) is 15.7. The second kappa shape index (κ2) is 8.82. The van der Waals surface area contributed by atoms with E-state index in [0.29, 0.717) is 0 Å². The molecule has 0 unspecified atom stereocenters. The average Bonchev–Trinajstić information content (AvgIpc) is 2.63. The predicted octanol–water partition coefficient (Wildman–Crippen LogP) is 3.30. The van der Waals surface area contributed by atoms with Gasteiger partial charge in [0.05, 0.1) is 0 Å². The molecule has 0 atom stereocenters. The minimum atomic E-state index is 0.894. The highest BCUT2D eigenvalue weighted by molar-refractivity contribution is 4.84. The van der Waals surface area contributed by atoms with Gasteiger partial charge in [0.1, 0.15) is 0 Å². The smallest absolute Gasteiger partial charge is 0.0120 e. The Morgan fingerprint density at radius 2 is 1.22 bits per heavy atom. The first-order valence-electron chi connectivity index (χ1n) is 10.5. The lowest BCUT2D eigenvalue weighted by Gasteiger charge is -2.43. The van der Waals surface area contributed by atoms with Gasteiger partial charge in [-0.05, 0) is 96.2 Å². The highest BCUT2D eigenvalue weighted by Gasteiger charge is 2.29. The van der Waals surface area contributed by atoms with E-state index in [-0.39, 0.29) is 0 Å². The Balaban J connectivity index is 1.34. The average molecular weight is 322 g/mol. The van der Waals surface area contributed by atoms with Crippen molar-refractivity contribution in [3.8, 4) is 0 Å². The van der Waals surface area contributed by atoms with E-state index in [9.17, 15) is 0 Å². The number of hydrogen-bond acceptors (Lipinski definition) is 3. The molecule has 0 aromatic carbocycles. The molecule has 3 rings (SSSR count). The summed E-state index contributed by atoms with van der Waals surface area (Å²) < 4.78 is 0. The molecule has 0 aromatic rings. The predicted molar refractivity (Wildman–Crippen MR) is 98.9 cm³/mol. The third-order valence-corrected chi connectivity index (χ3v) is 6.97. The summed E-state index contributed by atoms with van der Waals surface area (Å²) in [4.78, 5) is 8.22. The van der Waals surface area contributed by atoms with Gasteiger partial charge in [-0.25, -0.2) is 0 Å². The molecule has 134 valence electrons. The summed E-state index contributed by atoms with van der Waals surface area (Å²) in [5.41, 5.74) is 0. The fraction of sp³-hybridized carbons (Fsp3) is 1.00. The Kier molecular flexibility index (Phi) is 6.79. The maximum atomic E-state index is 2.82. The van der Waals surface area contributed by atoms with Crippen molar-refractivity contribution in [2.45, 2.75) is 64.8 Å². The second-order valence-corrected chi connectivity index (χ2v) is 8.30. The largest absolute Gasteiger partial charge is 0.304 e. The van der Waals surface area contributed by atoms with Crippen molar-refractivity contribution < 1.29 is 0 Å². The summed E-state index contributed by atoms with van der Waals surface area (Å²) in [7, 11) is 0. The van der Waals surface area contributed by atoms with Crippen LogP contribution in [0, 0.1) is 11.8 Å². The van der Waals surface area contributed by atoms with Crippen LogP contribution < -0.4 is 0 Å². The van der Waals surface area contributed by atoms with Gasteiger partial charge < -0.3 is 14.7 Å². The SMILES string of the molecule is CCC1CCN(C2CCN(CC3CCN(CC)CC3)CC2)CC1. The number of rotatable bonds is 5. The third-order valence-electron chi connectivity index (χ3n) is 6.97. The van der Waals surface area contributed by atoms with Crippen LogP contribution in [-0.4, -0.2) is 73.1 Å². The van der Waals surface area contributed by atoms with Crippen molar-refractivity contribution in [1.82, 2.24) is 14.7 Å². The van der Waals surface area contributed by atoms with Gasteiger partial charge in [-0.3, -0.25) is 0 Å². The molecule has 3 heteroatoms. The lowest BCUT2D eigenvalue weighted by molar-refractivity contribution is 0.0647. The lowest BCUT2D eigenvalue weighted by Crippen LogP contribution is -2.49. The van der Waals surface area contributed by atoms with Gasteiger partial charge in [0, 0.05) is 12.6 Å². The Morgan fingerprint density at radius 3 is 1.78 bits per heavy atom. The van der Waals surface area contributed by atoms with Crippen LogP contribution in [0.3, 0.4) is 0 Å². The first-order valence-corrected chi connectivity index (χ1v) is 10.5. The van der Waals surface area contributed by atoms with E-state index in [1.54, 1.807) is 0 Å². The molecule has 0 spiro atoms. The zero-order chi connectivity index (χ0) is 16.1. The maximum absolute atomic E-state index is 2.82. The monoisotopic (exact) mass is 321 g/mol. The minimum Gasteiger partial charge on any atom is -0.304 e. The van der Waals surface area contributed by atoms with E-state index >= 15 is 0 Å². The summed E-state index contributed by atoms with van der Waals surface area (Å²) in [6.07, 6.45) is 9.99. The van der Waals surface area contributed by atoms with E-state index in [1.807, 2.05) is 0 Å². The van der Waals surface area contributed by atoms with E-state index < -0.39 is 0 Å². The van der Waals surface area contributed by atoms with Gasteiger partial charge in [0.25, 0.3) is 0 Å². The number of nitrogens with zero attached hydrogens (tertiary/aromatic N) is 3. The van der Waals surface area contributed by atoms with E-state index in [4.69, 9.17) is 0 Å². The third kappa shape index (κ3) is 4.93. The van der Waals surface area contributed by atoms with Gasteiger partial charge >= 0.3 is 0 Å². The highest BCUT2D eigenvalue weighted by atomic mass is 15.2. The van der Waals surface area contributed by atoms with Crippen LogP contribution in [0.1, 0.15) is 58.8 Å². The molecule has 3 aliphatic heterocycles. The van der Waals surface area contributed by atoms with Crippen LogP contribution >= 0.6 is 0 Å². The molecular formula is C20H39N3. The molecular weight excluding hydrogens is 282 g/mol. The summed E-state index contributed by atoms with van der Waals surface area (Å²) in [6, 6.07) is 0.894. The summed E-state index contributed by atoms with van der Waals surface area (Å²) >= 11 is 0. The molecule has 0 bridgehead atoms. The van der Waals surface area contributed by atoms with Gasteiger partial charge in [0.2, 0.25) is 0 Å². The van der Waals surface area contributed by atoms with E-state index in [2.05, 4.69) is 28.5 Å². The van der Waals surface area contributed by atoms with Gasteiger partial charge in [-0.2, -0.15) is 0 Å². The molecule has 23 heavy (non-hydrogen) atoms. The van der Waals surface area contributed by atoms with Crippen molar-refractivity contribution in [2.24, 2.45) is 11.8 Å². The van der Waals surface area contributed by atoms with Gasteiger partial charge in [0.15, 0.2) is 0 Å². The molecule has 0 aromatic heterocycles. The van der Waals surface area contributed by atoms with Crippen molar-refractivity contribution in [1.29, 1.82) is 0 Å². The summed E-state index contributed by atoms with van der Waals surface area (Å²) in [5, 5.41) is 0. The van der Waals surface area contributed by atoms with Crippen LogP contribution in [0.4, 0.5) is 0 Å². The molecule has 0 radical (unpaired) electrons. The molecule has 3 nitrogen and oxygen atoms in total. The van der Waals surface area contributed by atoms with Crippen LogP contribution in [0.5, 0.6) is 0 Å². The second-order valence-electron chi connectivity index (χ2n) is 8.30. The summed E-state index contributed by atoms with van der Waals surface area (Å²) in [6.45, 7) is 15.4. The molecule has 0 N–H and O–H groups in total. The Bertz CT molecular complexity index is 322. The van der Waals surface area contributed by atoms with Crippen LogP contribution in [0.25, 0.3) is 0 Å². The molecule has 0 saturated carbocycles. The van der Waals surface area contributed by atoms with E-state index in [0.717, 1.165) is 17.9 Å². The molecule has 3 fully saturated rings. The number of likely N-dealkylation sites (tertiary alicyclic amines) is 3. The first kappa shape index (κ1) is 17.7. The molecule has 0 aliphatic carbocycles. The Labute approximate surface area is 144 Å². The van der Waals surface area contributed by atoms with Crippen molar-refractivity contribution in [2.75, 3.05) is 52.4 Å². The van der Waals surface area contributed by atoms with Gasteiger partial charge in [-0.15, -0.1) is 0 Å². The molecule has 3 saturated heterocycles. The van der Waals surface area contributed by atoms with Crippen LogP contribution in [0.2, 0.25) is 0 Å². The number of piperidine rings is 3. The zero-order valence-electron chi connectivity index (χ0n) is 15.7. The lowest BCUT2D eigenvalue weighted by atomic mass is 9.91. The quantitative estimate of drug-likeness (QED) is 0.769. The van der Waals surface area contributed by atoms with Crippen LogP contribution in [-0.2, 0) is 0 Å². The fourth-order valence-electron chi connectivity index (χ4n) is 5.04. The topological polar surface area (TPSA) is 9.72 Å². The molecule has 3 aliphatic rings. The fourth-order valence-corrected chi connectivity index (χ4v) is 5.04. The Morgan fingerprint density at radius 1 is 0.652 bits per heavy atom. The van der Waals surface area contributed by atoms with Crippen molar-refractivity contribution in [3.63, 3.8) is 0 Å². The van der Waals surface area contributed by atoms with Crippen molar-refractivity contribution in [3.05, 3.63) is 0 Å². The summed E-state index contributed by atoms with van der Waals surface area (Å²) in [5.74, 6) is 1.98. The molecule has 3 heterocycles. The minimum absolute atomic E-state index is 0.894. The highest BCUT2D eigenvalue weighted by Crippen LogP contribution is 2.26.